The Bertz CT molecular complexity index is 955. The first-order valence-corrected chi connectivity index (χ1v) is 9.66. The first kappa shape index (κ1) is 20.2. The molecule has 3 rings (SSSR count). The predicted molar refractivity (Wildman–Crippen MR) is 111 cm³/mol. The number of amides is 1. The molecule has 0 atom stereocenters. The summed E-state index contributed by atoms with van der Waals surface area (Å²) in [6.07, 6.45) is 1.60. The Morgan fingerprint density at radius 2 is 1.93 bits per heavy atom. The van der Waals surface area contributed by atoms with E-state index in [9.17, 15) is 4.79 Å². The van der Waals surface area contributed by atoms with E-state index in [0.29, 0.717) is 35.3 Å². The van der Waals surface area contributed by atoms with Gasteiger partial charge in [0.1, 0.15) is 12.4 Å². The van der Waals surface area contributed by atoms with Gasteiger partial charge in [0, 0.05) is 24.2 Å². The molecule has 0 bridgehead atoms. The Balaban J connectivity index is 1.67. The van der Waals surface area contributed by atoms with Gasteiger partial charge in [0.25, 0.3) is 5.91 Å². The van der Waals surface area contributed by atoms with Crippen molar-refractivity contribution >= 4 is 29.1 Å². The summed E-state index contributed by atoms with van der Waals surface area (Å²) >= 11 is 12.1. The van der Waals surface area contributed by atoms with Crippen LogP contribution in [0.5, 0.6) is 5.75 Å². The van der Waals surface area contributed by atoms with Crippen LogP contribution in [-0.4, -0.2) is 27.6 Å². The van der Waals surface area contributed by atoms with E-state index < -0.39 is 0 Å². The van der Waals surface area contributed by atoms with E-state index >= 15 is 0 Å². The van der Waals surface area contributed by atoms with Gasteiger partial charge in [-0.2, -0.15) is 5.10 Å². The molecule has 0 fully saturated rings. The zero-order valence-electron chi connectivity index (χ0n) is 15.7. The lowest BCUT2D eigenvalue weighted by Gasteiger charge is -2.18. The standard InChI is InChI=1S/C21H21Cl2N3O2/c1-3-26-20(19(23)12-24-26)13-25(2)21(27)16-6-4-5-15(11-16)14-28-18-9-7-17(22)8-10-18/h4-12H,3,13-14H2,1-2H3. The fourth-order valence-electron chi connectivity index (χ4n) is 2.83. The summed E-state index contributed by atoms with van der Waals surface area (Å²) in [5.41, 5.74) is 2.33. The summed E-state index contributed by atoms with van der Waals surface area (Å²) < 4.78 is 7.56. The monoisotopic (exact) mass is 417 g/mol. The third-order valence-corrected chi connectivity index (χ3v) is 4.89. The Morgan fingerprint density at radius 3 is 2.64 bits per heavy atom. The Morgan fingerprint density at radius 1 is 1.18 bits per heavy atom. The molecule has 0 N–H and O–H groups in total. The van der Waals surface area contributed by atoms with Gasteiger partial charge in [-0.25, -0.2) is 0 Å². The lowest BCUT2D eigenvalue weighted by atomic mass is 10.1. The number of halogens is 2. The first-order chi connectivity index (χ1) is 13.5. The Labute approximate surface area is 174 Å². The molecule has 1 heterocycles. The van der Waals surface area contributed by atoms with Crippen molar-refractivity contribution in [2.75, 3.05) is 7.05 Å². The van der Waals surface area contributed by atoms with Gasteiger partial charge in [0.15, 0.2) is 0 Å². The van der Waals surface area contributed by atoms with Gasteiger partial charge in [-0.15, -0.1) is 0 Å². The number of hydrogen-bond donors (Lipinski definition) is 0. The molecule has 0 aliphatic rings. The highest BCUT2D eigenvalue weighted by atomic mass is 35.5. The van der Waals surface area contributed by atoms with Crippen molar-refractivity contribution in [3.63, 3.8) is 0 Å². The van der Waals surface area contributed by atoms with Crippen LogP contribution >= 0.6 is 23.2 Å². The minimum absolute atomic E-state index is 0.0896. The maximum absolute atomic E-state index is 12.8. The highest BCUT2D eigenvalue weighted by molar-refractivity contribution is 6.31. The van der Waals surface area contributed by atoms with Crippen LogP contribution in [0, 0.1) is 0 Å². The third-order valence-electron chi connectivity index (χ3n) is 4.32. The summed E-state index contributed by atoms with van der Waals surface area (Å²) in [7, 11) is 1.75. The second-order valence-corrected chi connectivity index (χ2v) is 7.20. The van der Waals surface area contributed by atoms with Crippen LogP contribution in [0.3, 0.4) is 0 Å². The molecule has 0 aliphatic carbocycles. The zero-order valence-corrected chi connectivity index (χ0v) is 17.2. The summed E-state index contributed by atoms with van der Waals surface area (Å²) in [6.45, 7) is 3.43. The molecular formula is C21H21Cl2N3O2. The molecule has 1 amide bonds. The number of nitrogens with zero attached hydrogens (tertiary/aromatic N) is 3. The van der Waals surface area contributed by atoms with Gasteiger partial charge in [0.05, 0.1) is 23.5 Å². The minimum atomic E-state index is -0.0896. The SMILES string of the molecule is CCn1ncc(Cl)c1CN(C)C(=O)c1cccc(COc2ccc(Cl)cc2)c1. The summed E-state index contributed by atoms with van der Waals surface area (Å²) in [6, 6.07) is 14.6. The smallest absolute Gasteiger partial charge is 0.253 e. The molecular weight excluding hydrogens is 397 g/mol. The topological polar surface area (TPSA) is 47.4 Å². The van der Waals surface area contributed by atoms with Crippen LogP contribution in [0.15, 0.2) is 54.7 Å². The summed E-state index contributed by atoms with van der Waals surface area (Å²) in [5.74, 6) is 0.633. The molecule has 5 nitrogen and oxygen atoms in total. The van der Waals surface area contributed by atoms with Crippen LogP contribution < -0.4 is 4.74 Å². The largest absolute Gasteiger partial charge is 0.489 e. The minimum Gasteiger partial charge on any atom is -0.489 e. The van der Waals surface area contributed by atoms with Crippen molar-refractivity contribution in [3.8, 4) is 5.75 Å². The average molecular weight is 418 g/mol. The molecule has 2 aromatic carbocycles. The lowest BCUT2D eigenvalue weighted by Crippen LogP contribution is -2.27. The molecule has 146 valence electrons. The highest BCUT2D eigenvalue weighted by Crippen LogP contribution is 2.19. The first-order valence-electron chi connectivity index (χ1n) is 8.91. The van der Waals surface area contributed by atoms with Crippen molar-refractivity contribution < 1.29 is 9.53 Å². The van der Waals surface area contributed by atoms with Gasteiger partial charge in [-0.1, -0.05) is 35.3 Å². The van der Waals surface area contributed by atoms with Crippen LogP contribution in [0.1, 0.15) is 28.5 Å². The summed E-state index contributed by atoms with van der Waals surface area (Å²) in [5, 5.41) is 5.44. The Kier molecular flexibility index (Phi) is 6.60. The molecule has 0 spiro atoms. The highest BCUT2D eigenvalue weighted by Gasteiger charge is 2.17. The number of ether oxygens (including phenoxy) is 1. The van der Waals surface area contributed by atoms with Crippen molar-refractivity contribution in [2.24, 2.45) is 0 Å². The van der Waals surface area contributed by atoms with E-state index in [0.717, 1.165) is 17.0 Å². The normalized spacial score (nSPS) is 10.7. The molecule has 7 heteroatoms. The van der Waals surface area contributed by atoms with Gasteiger partial charge in [-0.3, -0.25) is 9.48 Å². The van der Waals surface area contributed by atoms with Crippen molar-refractivity contribution in [3.05, 3.63) is 81.6 Å². The molecule has 0 aliphatic heterocycles. The van der Waals surface area contributed by atoms with E-state index in [1.807, 2.05) is 37.3 Å². The maximum atomic E-state index is 12.8. The Hall–Kier alpha value is -2.50. The number of aryl methyl sites for hydroxylation is 1. The van der Waals surface area contributed by atoms with Crippen LogP contribution in [0.2, 0.25) is 10.0 Å². The molecule has 1 aromatic heterocycles. The van der Waals surface area contributed by atoms with Crippen LogP contribution in [0.4, 0.5) is 0 Å². The fourth-order valence-corrected chi connectivity index (χ4v) is 3.15. The number of aromatic nitrogens is 2. The van der Waals surface area contributed by atoms with Gasteiger partial charge >= 0.3 is 0 Å². The molecule has 28 heavy (non-hydrogen) atoms. The fraction of sp³-hybridized carbons (Fsp3) is 0.238. The molecule has 0 saturated carbocycles. The van der Waals surface area contributed by atoms with Crippen molar-refractivity contribution in [1.82, 2.24) is 14.7 Å². The van der Waals surface area contributed by atoms with Crippen molar-refractivity contribution in [2.45, 2.75) is 26.6 Å². The van der Waals surface area contributed by atoms with Crippen LogP contribution in [0.25, 0.3) is 0 Å². The predicted octanol–water partition coefficient (Wildman–Crippen LogP) is 5.06. The molecule has 0 saturated heterocycles. The van der Waals surface area contributed by atoms with Crippen LogP contribution in [-0.2, 0) is 19.7 Å². The van der Waals surface area contributed by atoms with E-state index in [2.05, 4.69) is 5.10 Å². The lowest BCUT2D eigenvalue weighted by molar-refractivity contribution is 0.0781. The molecule has 3 aromatic rings. The quantitative estimate of drug-likeness (QED) is 0.539. The van der Waals surface area contributed by atoms with Crippen molar-refractivity contribution in [1.29, 1.82) is 0 Å². The number of benzene rings is 2. The zero-order chi connectivity index (χ0) is 20.1. The third kappa shape index (κ3) is 4.86. The second kappa shape index (κ2) is 9.13. The molecule has 0 unspecified atom stereocenters. The van der Waals surface area contributed by atoms with Gasteiger partial charge in [0.2, 0.25) is 0 Å². The van der Waals surface area contributed by atoms with E-state index in [1.54, 1.807) is 41.0 Å². The van der Waals surface area contributed by atoms with Gasteiger partial charge in [-0.05, 0) is 48.9 Å². The van der Waals surface area contributed by atoms with E-state index in [4.69, 9.17) is 27.9 Å². The van der Waals surface area contributed by atoms with E-state index in [-0.39, 0.29) is 5.91 Å². The number of carbonyl (C=O) groups excluding carboxylic acids is 1. The maximum Gasteiger partial charge on any atom is 0.253 e. The number of carbonyl (C=O) groups is 1. The number of hydrogen-bond acceptors (Lipinski definition) is 3. The average Bonchev–Trinajstić information content (AvgIpc) is 3.06. The van der Waals surface area contributed by atoms with Gasteiger partial charge < -0.3 is 9.64 Å². The molecule has 0 radical (unpaired) electrons. The second-order valence-electron chi connectivity index (χ2n) is 6.36. The number of rotatable bonds is 7. The summed E-state index contributed by atoms with van der Waals surface area (Å²) in [4.78, 5) is 14.5. The van der Waals surface area contributed by atoms with E-state index in [1.165, 1.54) is 0 Å².